The smallest absolute Gasteiger partial charge is 0.237 e. The standard InChI is InChI=1S/C17H23FN2O2/c18-13-7-3-2-6-12(13)16(21)10-19-17(22)15-9-11-5-1-4-8-14(11)20-15/h2-3,6-7,11,14-16,20-21H,1,4-5,8-10H2,(H,19,22)/t11-,14+,15+,16+/m1/s1. The quantitative estimate of drug-likeness (QED) is 0.796. The molecule has 0 unspecified atom stereocenters. The molecule has 0 radical (unpaired) electrons. The second-order valence-corrected chi connectivity index (χ2v) is 6.39. The maximum absolute atomic E-state index is 13.6. The molecular weight excluding hydrogens is 283 g/mol. The number of amides is 1. The van der Waals surface area contributed by atoms with Crippen molar-refractivity contribution in [3.63, 3.8) is 0 Å². The molecule has 1 aromatic carbocycles. The number of halogens is 1. The highest BCUT2D eigenvalue weighted by Crippen LogP contribution is 2.33. The van der Waals surface area contributed by atoms with E-state index in [1.165, 1.54) is 31.4 Å². The largest absolute Gasteiger partial charge is 0.386 e. The summed E-state index contributed by atoms with van der Waals surface area (Å²) in [5.41, 5.74) is 0.218. The molecule has 3 N–H and O–H groups in total. The zero-order valence-corrected chi connectivity index (χ0v) is 12.6. The Morgan fingerprint density at radius 2 is 2.14 bits per heavy atom. The Balaban J connectivity index is 1.51. The van der Waals surface area contributed by atoms with Crippen LogP contribution in [0, 0.1) is 11.7 Å². The van der Waals surface area contributed by atoms with Crippen LogP contribution in [0.1, 0.15) is 43.8 Å². The molecule has 2 aliphatic rings. The zero-order chi connectivity index (χ0) is 15.5. The Morgan fingerprint density at radius 3 is 2.91 bits per heavy atom. The van der Waals surface area contributed by atoms with Crippen molar-refractivity contribution >= 4 is 5.91 Å². The number of carbonyl (C=O) groups is 1. The van der Waals surface area contributed by atoms with Crippen molar-refractivity contribution in [1.82, 2.24) is 10.6 Å². The number of benzene rings is 1. The average molecular weight is 306 g/mol. The topological polar surface area (TPSA) is 61.4 Å². The second kappa shape index (κ2) is 6.75. The van der Waals surface area contributed by atoms with E-state index in [0.29, 0.717) is 12.0 Å². The van der Waals surface area contributed by atoms with E-state index in [2.05, 4.69) is 10.6 Å². The Bertz CT molecular complexity index is 523. The summed E-state index contributed by atoms with van der Waals surface area (Å²) in [5.74, 6) is 0.0556. The van der Waals surface area contributed by atoms with Gasteiger partial charge in [0.1, 0.15) is 5.82 Å². The fourth-order valence-corrected chi connectivity index (χ4v) is 3.70. The van der Waals surface area contributed by atoms with Crippen LogP contribution >= 0.6 is 0 Å². The van der Waals surface area contributed by atoms with Crippen LogP contribution in [0.4, 0.5) is 4.39 Å². The number of carbonyl (C=O) groups excluding carboxylic acids is 1. The summed E-state index contributed by atoms with van der Waals surface area (Å²) in [7, 11) is 0. The Hall–Kier alpha value is -1.46. The van der Waals surface area contributed by atoms with Crippen molar-refractivity contribution in [2.45, 2.75) is 50.3 Å². The number of nitrogens with one attached hydrogen (secondary N) is 2. The first kappa shape index (κ1) is 15.4. The molecule has 3 rings (SSSR count). The molecule has 1 aliphatic carbocycles. The van der Waals surface area contributed by atoms with Gasteiger partial charge in [-0.05, 0) is 31.2 Å². The summed E-state index contributed by atoms with van der Waals surface area (Å²) in [4.78, 5) is 12.2. The van der Waals surface area contributed by atoms with Crippen LogP contribution in [0.3, 0.4) is 0 Å². The maximum atomic E-state index is 13.6. The third kappa shape index (κ3) is 3.31. The molecule has 4 nitrogen and oxygen atoms in total. The van der Waals surface area contributed by atoms with Gasteiger partial charge in [0.15, 0.2) is 0 Å². The summed E-state index contributed by atoms with van der Waals surface area (Å²) in [5, 5.41) is 16.2. The monoisotopic (exact) mass is 306 g/mol. The highest BCUT2D eigenvalue weighted by atomic mass is 19.1. The minimum absolute atomic E-state index is 0.0350. The van der Waals surface area contributed by atoms with Crippen molar-refractivity contribution in [2.24, 2.45) is 5.92 Å². The van der Waals surface area contributed by atoms with Crippen LogP contribution in [0.2, 0.25) is 0 Å². The van der Waals surface area contributed by atoms with E-state index in [0.717, 1.165) is 12.8 Å². The van der Waals surface area contributed by atoms with Gasteiger partial charge in [-0.25, -0.2) is 4.39 Å². The minimum atomic E-state index is -1.02. The molecule has 1 aliphatic heterocycles. The van der Waals surface area contributed by atoms with Gasteiger partial charge in [0.05, 0.1) is 12.1 Å². The van der Waals surface area contributed by atoms with Gasteiger partial charge >= 0.3 is 0 Å². The normalized spacial score (nSPS) is 28.9. The number of fused-ring (bicyclic) bond motifs is 1. The Kier molecular flexibility index (Phi) is 4.74. The molecule has 1 saturated heterocycles. The molecule has 0 bridgehead atoms. The van der Waals surface area contributed by atoms with Gasteiger partial charge in [-0.15, -0.1) is 0 Å². The summed E-state index contributed by atoms with van der Waals surface area (Å²) >= 11 is 0. The van der Waals surface area contributed by atoms with E-state index in [9.17, 15) is 14.3 Å². The molecule has 1 aromatic rings. The number of aliphatic hydroxyl groups excluding tert-OH is 1. The average Bonchev–Trinajstić information content (AvgIpc) is 2.97. The molecule has 22 heavy (non-hydrogen) atoms. The molecule has 5 heteroatoms. The number of hydrogen-bond donors (Lipinski definition) is 3. The first-order valence-electron chi connectivity index (χ1n) is 8.11. The summed E-state index contributed by atoms with van der Waals surface area (Å²) in [6.45, 7) is 0.0350. The number of rotatable bonds is 4. The lowest BCUT2D eigenvalue weighted by atomic mass is 9.85. The van der Waals surface area contributed by atoms with Gasteiger partial charge in [0, 0.05) is 18.2 Å². The summed E-state index contributed by atoms with van der Waals surface area (Å²) < 4.78 is 13.6. The van der Waals surface area contributed by atoms with E-state index in [1.54, 1.807) is 12.1 Å². The van der Waals surface area contributed by atoms with E-state index >= 15 is 0 Å². The highest BCUT2D eigenvalue weighted by Gasteiger charge is 2.38. The second-order valence-electron chi connectivity index (χ2n) is 6.39. The van der Waals surface area contributed by atoms with Crippen molar-refractivity contribution < 1.29 is 14.3 Å². The summed E-state index contributed by atoms with van der Waals surface area (Å²) in [6.07, 6.45) is 4.67. The molecule has 4 atom stereocenters. The molecule has 2 fully saturated rings. The van der Waals surface area contributed by atoms with Crippen molar-refractivity contribution in [1.29, 1.82) is 0 Å². The van der Waals surface area contributed by atoms with Crippen LogP contribution in [0.5, 0.6) is 0 Å². The van der Waals surface area contributed by atoms with Gasteiger partial charge in [0.2, 0.25) is 5.91 Å². The lowest BCUT2D eigenvalue weighted by Gasteiger charge is -2.24. The van der Waals surface area contributed by atoms with E-state index in [4.69, 9.17) is 0 Å². The predicted octanol–water partition coefficient (Wildman–Crippen LogP) is 1.90. The Morgan fingerprint density at radius 1 is 1.36 bits per heavy atom. The van der Waals surface area contributed by atoms with Crippen LogP contribution < -0.4 is 10.6 Å². The van der Waals surface area contributed by atoms with Gasteiger partial charge in [-0.3, -0.25) is 4.79 Å². The highest BCUT2D eigenvalue weighted by molar-refractivity contribution is 5.82. The molecule has 1 heterocycles. The van der Waals surface area contributed by atoms with Crippen LogP contribution in [-0.4, -0.2) is 29.6 Å². The lowest BCUT2D eigenvalue weighted by molar-refractivity contribution is -0.123. The van der Waals surface area contributed by atoms with Crippen molar-refractivity contribution in [2.75, 3.05) is 6.54 Å². The van der Waals surface area contributed by atoms with Crippen molar-refractivity contribution in [3.05, 3.63) is 35.6 Å². The molecule has 0 aromatic heterocycles. The fourth-order valence-electron chi connectivity index (χ4n) is 3.70. The van der Waals surface area contributed by atoms with Crippen LogP contribution in [0.25, 0.3) is 0 Å². The summed E-state index contributed by atoms with van der Waals surface area (Å²) in [6, 6.07) is 6.38. The first-order valence-corrected chi connectivity index (χ1v) is 8.11. The fraction of sp³-hybridized carbons (Fsp3) is 0.588. The van der Waals surface area contributed by atoms with Gasteiger partial charge in [0.25, 0.3) is 0 Å². The number of aliphatic hydroxyl groups is 1. The van der Waals surface area contributed by atoms with E-state index in [-0.39, 0.29) is 24.1 Å². The van der Waals surface area contributed by atoms with Gasteiger partial charge in [-0.1, -0.05) is 31.0 Å². The molecule has 1 saturated carbocycles. The Labute approximate surface area is 130 Å². The maximum Gasteiger partial charge on any atom is 0.237 e. The zero-order valence-electron chi connectivity index (χ0n) is 12.6. The first-order chi connectivity index (χ1) is 10.6. The van der Waals surface area contributed by atoms with E-state index < -0.39 is 11.9 Å². The predicted molar refractivity (Wildman–Crippen MR) is 81.7 cm³/mol. The molecule has 120 valence electrons. The minimum Gasteiger partial charge on any atom is -0.386 e. The molecule has 0 spiro atoms. The lowest BCUT2D eigenvalue weighted by Crippen LogP contribution is -2.44. The van der Waals surface area contributed by atoms with Gasteiger partial charge in [-0.2, -0.15) is 0 Å². The number of hydrogen-bond acceptors (Lipinski definition) is 3. The van der Waals surface area contributed by atoms with Gasteiger partial charge < -0.3 is 15.7 Å². The van der Waals surface area contributed by atoms with Crippen LogP contribution in [-0.2, 0) is 4.79 Å². The third-order valence-electron chi connectivity index (χ3n) is 4.91. The van der Waals surface area contributed by atoms with Crippen molar-refractivity contribution in [3.8, 4) is 0 Å². The van der Waals surface area contributed by atoms with E-state index in [1.807, 2.05) is 0 Å². The third-order valence-corrected chi connectivity index (χ3v) is 4.91. The van der Waals surface area contributed by atoms with Crippen LogP contribution in [0.15, 0.2) is 24.3 Å². The molecular formula is C17H23FN2O2. The SMILES string of the molecule is O=C(NC[C@H](O)c1ccccc1F)[C@@H]1C[C@H]2CCCC[C@@H]2N1. The molecule has 1 amide bonds.